The molecule has 0 atom stereocenters. The molecule has 0 bridgehead atoms. The molecule has 0 aliphatic carbocycles. The van der Waals surface area contributed by atoms with Crippen LogP contribution in [0.5, 0.6) is 0 Å². The second-order valence-electron chi connectivity index (χ2n) is 5.05. The van der Waals surface area contributed by atoms with Crippen LogP contribution in [0.4, 0.5) is 5.82 Å². The molecule has 3 aromatic rings. The van der Waals surface area contributed by atoms with E-state index in [1.807, 2.05) is 50.4 Å². The van der Waals surface area contributed by atoms with Crippen molar-refractivity contribution in [2.24, 2.45) is 0 Å². The lowest BCUT2D eigenvalue weighted by molar-refractivity contribution is 1.12. The van der Waals surface area contributed by atoms with Gasteiger partial charge in [0.2, 0.25) is 0 Å². The van der Waals surface area contributed by atoms with Crippen molar-refractivity contribution in [3.05, 3.63) is 59.8 Å². The van der Waals surface area contributed by atoms with E-state index in [1.165, 1.54) is 0 Å². The number of hydrogen-bond acceptors (Lipinski definition) is 4. The number of nitrogens with two attached hydrogens (primary N) is 1. The quantitative estimate of drug-likeness (QED) is 0.779. The summed E-state index contributed by atoms with van der Waals surface area (Å²) in [5.41, 5.74) is 10.7. The molecule has 0 radical (unpaired) electrons. The third-order valence-electron chi connectivity index (χ3n) is 3.24. The Kier molecular flexibility index (Phi) is 3.36. The van der Waals surface area contributed by atoms with E-state index in [4.69, 9.17) is 5.73 Å². The maximum Gasteiger partial charge on any atom is 0.181 e. The summed E-state index contributed by atoms with van der Waals surface area (Å²) in [6, 6.07) is 13.8. The molecule has 21 heavy (non-hydrogen) atoms. The molecule has 0 saturated carbocycles. The molecule has 0 fully saturated rings. The Balaban J connectivity index is 2.14. The SMILES string of the molecule is Cc1cnc(-c2nc(N)cc(-c3ccccc3)n2)c(C)c1. The van der Waals surface area contributed by atoms with Crippen LogP contribution in [0.2, 0.25) is 0 Å². The van der Waals surface area contributed by atoms with Crippen molar-refractivity contribution in [1.82, 2.24) is 15.0 Å². The minimum Gasteiger partial charge on any atom is -0.384 e. The molecule has 0 unspecified atom stereocenters. The molecule has 3 rings (SSSR count). The van der Waals surface area contributed by atoms with Crippen molar-refractivity contribution in [3.63, 3.8) is 0 Å². The van der Waals surface area contributed by atoms with E-state index in [0.29, 0.717) is 11.6 Å². The van der Waals surface area contributed by atoms with Gasteiger partial charge in [0.1, 0.15) is 11.5 Å². The molecule has 2 heterocycles. The van der Waals surface area contributed by atoms with Crippen LogP contribution in [0.25, 0.3) is 22.8 Å². The van der Waals surface area contributed by atoms with E-state index in [9.17, 15) is 0 Å². The summed E-state index contributed by atoms with van der Waals surface area (Å²) in [4.78, 5) is 13.4. The number of nitrogen functional groups attached to an aromatic ring is 1. The maximum absolute atomic E-state index is 5.94. The summed E-state index contributed by atoms with van der Waals surface area (Å²) >= 11 is 0. The van der Waals surface area contributed by atoms with Crippen molar-refractivity contribution >= 4 is 5.82 Å². The number of pyridine rings is 1. The topological polar surface area (TPSA) is 64.7 Å². The summed E-state index contributed by atoms with van der Waals surface area (Å²) in [7, 11) is 0. The van der Waals surface area contributed by atoms with Crippen LogP contribution in [-0.4, -0.2) is 15.0 Å². The van der Waals surface area contributed by atoms with E-state index in [1.54, 1.807) is 6.07 Å². The first-order valence-corrected chi connectivity index (χ1v) is 6.77. The van der Waals surface area contributed by atoms with Gasteiger partial charge in [0, 0.05) is 17.8 Å². The van der Waals surface area contributed by atoms with Gasteiger partial charge in [-0.15, -0.1) is 0 Å². The first-order valence-electron chi connectivity index (χ1n) is 6.77. The highest BCUT2D eigenvalue weighted by Gasteiger charge is 2.10. The number of nitrogens with zero attached hydrogens (tertiary/aromatic N) is 3. The van der Waals surface area contributed by atoms with Crippen LogP contribution < -0.4 is 5.73 Å². The fourth-order valence-corrected chi connectivity index (χ4v) is 2.28. The number of aromatic nitrogens is 3. The minimum atomic E-state index is 0.445. The van der Waals surface area contributed by atoms with Crippen LogP contribution in [0.15, 0.2) is 48.7 Å². The molecule has 0 amide bonds. The highest BCUT2D eigenvalue weighted by Crippen LogP contribution is 2.24. The lowest BCUT2D eigenvalue weighted by atomic mass is 10.1. The van der Waals surface area contributed by atoms with E-state index < -0.39 is 0 Å². The average molecular weight is 276 g/mol. The van der Waals surface area contributed by atoms with Crippen molar-refractivity contribution in [3.8, 4) is 22.8 Å². The zero-order valence-electron chi connectivity index (χ0n) is 12.0. The van der Waals surface area contributed by atoms with Gasteiger partial charge in [-0.25, -0.2) is 9.97 Å². The second-order valence-corrected chi connectivity index (χ2v) is 5.05. The third-order valence-corrected chi connectivity index (χ3v) is 3.24. The second kappa shape index (κ2) is 5.32. The standard InChI is InChI=1S/C17H16N4/c1-11-8-12(2)16(19-10-11)17-20-14(9-15(18)21-17)13-6-4-3-5-7-13/h3-10H,1-2H3,(H2,18,20,21). The number of anilines is 1. The minimum absolute atomic E-state index is 0.445. The normalized spacial score (nSPS) is 10.6. The first-order chi connectivity index (χ1) is 10.1. The van der Waals surface area contributed by atoms with Gasteiger partial charge in [-0.3, -0.25) is 4.98 Å². The largest absolute Gasteiger partial charge is 0.384 e. The zero-order valence-corrected chi connectivity index (χ0v) is 12.0. The van der Waals surface area contributed by atoms with Gasteiger partial charge in [0.25, 0.3) is 0 Å². The van der Waals surface area contributed by atoms with Crippen molar-refractivity contribution < 1.29 is 0 Å². The van der Waals surface area contributed by atoms with Crippen LogP contribution in [-0.2, 0) is 0 Å². The highest BCUT2D eigenvalue weighted by atomic mass is 15.0. The molecule has 2 aromatic heterocycles. The van der Waals surface area contributed by atoms with E-state index in [2.05, 4.69) is 21.0 Å². The number of benzene rings is 1. The van der Waals surface area contributed by atoms with Gasteiger partial charge in [0.15, 0.2) is 5.82 Å². The molecule has 2 N–H and O–H groups in total. The molecule has 0 aliphatic heterocycles. The molecule has 104 valence electrons. The molecule has 0 saturated heterocycles. The van der Waals surface area contributed by atoms with E-state index in [0.717, 1.165) is 28.1 Å². The monoisotopic (exact) mass is 276 g/mol. The Bertz CT molecular complexity index is 782. The van der Waals surface area contributed by atoms with Crippen LogP contribution >= 0.6 is 0 Å². The van der Waals surface area contributed by atoms with Crippen LogP contribution in [0.1, 0.15) is 11.1 Å². The number of hydrogen-bond donors (Lipinski definition) is 1. The predicted molar refractivity (Wildman–Crippen MR) is 84.6 cm³/mol. The lowest BCUT2D eigenvalue weighted by Crippen LogP contribution is -2.00. The molecule has 0 spiro atoms. The molecular weight excluding hydrogens is 260 g/mol. The molecule has 0 aliphatic rings. The summed E-state index contributed by atoms with van der Waals surface area (Å²) < 4.78 is 0. The summed E-state index contributed by atoms with van der Waals surface area (Å²) in [6.07, 6.45) is 1.82. The number of rotatable bonds is 2. The maximum atomic E-state index is 5.94. The first kappa shape index (κ1) is 13.2. The lowest BCUT2D eigenvalue weighted by Gasteiger charge is -2.08. The molecule has 4 heteroatoms. The van der Waals surface area contributed by atoms with E-state index >= 15 is 0 Å². The predicted octanol–water partition coefficient (Wildman–Crippen LogP) is 3.40. The van der Waals surface area contributed by atoms with Gasteiger partial charge >= 0.3 is 0 Å². The molecule has 4 nitrogen and oxygen atoms in total. The smallest absolute Gasteiger partial charge is 0.181 e. The van der Waals surface area contributed by atoms with Crippen molar-refractivity contribution in [2.45, 2.75) is 13.8 Å². The van der Waals surface area contributed by atoms with Crippen molar-refractivity contribution in [2.75, 3.05) is 5.73 Å². The zero-order chi connectivity index (χ0) is 14.8. The Labute approximate surface area is 123 Å². The molecule has 1 aromatic carbocycles. The van der Waals surface area contributed by atoms with Gasteiger partial charge < -0.3 is 5.73 Å². The van der Waals surface area contributed by atoms with Crippen molar-refractivity contribution in [1.29, 1.82) is 0 Å². The Hall–Kier alpha value is -2.75. The third kappa shape index (κ3) is 2.74. The summed E-state index contributed by atoms with van der Waals surface area (Å²) in [6.45, 7) is 4.02. The van der Waals surface area contributed by atoms with Gasteiger partial charge in [-0.2, -0.15) is 0 Å². The fraction of sp³-hybridized carbons (Fsp3) is 0.118. The highest BCUT2D eigenvalue weighted by molar-refractivity contribution is 5.66. The fourth-order valence-electron chi connectivity index (χ4n) is 2.28. The van der Waals surface area contributed by atoms with E-state index in [-0.39, 0.29) is 0 Å². The molecular formula is C17H16N4. The Morgan fingerprint density at radius 2 is 1.71 bits per heavy atom. The summed E-state index contributed by atoms with van der Waals surface area (Å²) in [5, 5.41) is 0. The Morgan fingerprint density at radius 1 is 0.952 bits per heavy atom. The summed E-state index contributed by atoms with van der Waals surface area (Å²) in [5.74, 6) is 1.01. The van der Waals surface area contributed by atoms with Crippen LogP contribution in [0.3, 0.4) is 0 Å². The number of aryl methyl sites for hydroxylation is 2. The van der Waals surface area contributed by atoms with Gasteiger partial charge in [-0.1, -0.05) is 36.4 Å². The van der Waals surface area contributed by atoms with Gasteiger partial charge in [0.05, 0.1) is 5.69 Å². The Morgan fingerprint density at radius 3 is 2.43 bits per heavy atom. The van der Waals surface area contributed by atoms with Gasteiger partial charge in [-0.05, 0) is 25.0 Å². The van der Waals surface area contributed by atoms with Crippen LogP contribution in [0, 0.1) is 13.8 Å². The average Bonchev–Trinajstić information content (AvgIpc) is 2.47.